The number of aryl methyl sites for hydroxylation is 2. The van der Waals surface area contributed by atoms with Crippen molar-refractivity contribution in [2.45, 2.75) is 57.6 Å². The largest absolute Gasteiger partial charge is 0.497 e. The molecule has 0 aliphatic carbocycles. The first-order valence-electron chi connectivity index (χ1n) is 13.4. The lowest BCUT2D eigenvalue weighted by molar-refractivity contribution is -0.139. The normalized spacial score (nSPS) is 12.5. The highest BCUT2D eigenvalue weighted by Crippen LogP contribution is 2.31. The van der Waals surface area contributed by atoms with E-state index in [1.165, 1.54) is 17.3 Å². The van der Waals surface area contributed by atoms with Crippen LogP contribution in [0, 0.1) is 6.92 Å². The van der Waals surface area contributed by atoms with Crippen LogP contribution >= 0.6 is 11.8 Å². The molecule has 6 nitrogen and oxygen atoms in total. The second kappa shape index (κ2) is 15.3. The van der Waals surface area contributed by atoms with Crippen LogP contribution in [-0.2, 0) is 11.2 Å². The van der Waals surface area contributed by atoms with Crippen molar-refractivity contribution in [1.82, 2.24) is 5.32 Å². The number of carboxylic acid groups (broad SMARTS) is 1. The van der Waals surface area contributed by atoms with Gasteiger partial charge in [0.2, 0.25) is 0 Å². The molecule has 208 valence electrons. The molecule has 7 heteroatoms. The molecule has 3 aromatic rings. The van der Waals surface area contributed by atoms with Crippen molar-refractivity contribution in [3.63, 3.8) is 0 Å². The Labute approximate surface area is 235 Å². The molecule has 0 aliphatic heterocycles. The number of unbranched alkanes of at least 4 members (excludes halogenated alkanes) is 2. The van der Waals surface area contributed by atoms with Crippen molar-refractivity contribution in [2.24, 2.45) is 0 Å². The number of hydrogen-bond acceptors (Lipinski definition) is 5. The summed E-state index contributed by atoms with van der Waals surface area (Å²) in [6, 6.07) is 20.2. The molecule has 0 aliphatic rings. The molecule has 3 aromatic carbocycles. The number of aliphatic carboxylic acids is 1. The van der Waals surface area contributed by atoms with Crippen LogP contribution in [0.15, 0.2) is 66.7 Å². The molecule has 0 fully saturated rings. The van der Waals surface area contributed by atoms with Gasteiger partial charge < -0.3 is 20.3 Å². The average molecular weight is 550 g/mol. The Kier molecular flexibility index (Phi) is 11.9. The number of carbonyl (C=O) groups excluding carboxylic acids is 1. The zero-order valence-corrected chi connectivity index (χ0v) is 23.8. The Morgan fingerprint density at radius 2 is 1.74 bits per heavy atom. The third-order valence-corrected chi connectivity index (χ3v) is 7.54. The number of aliphatic hydroxyl groups is 1. The quantitative estimate of drug-likeness (QED) is 0.189. The number of carboxylic acids is 1. The number of aliphatic hydroxyl groups excluding tert-OH is 1. The van der Waals surface area contributed by atoms with E-state index in [0.717, 1.165) is 48.1 Å². The minimum absolute atomic E-state index is 0.344. The van der Waals surface area contributed by atoms with E-state index >= 15 is 0 Å². The molecule has 0 radical (unpaired) electrons. The summed E-state index contributed by atoms with van der Waals surface area (Å²) in [5, 5.41) is 23.3. The molecule has 3 N–H and O–H groups in total. The van der Waals surface area contributed by atoms with Crippen molar-refractivity contribution >= 4 is 23.6 Å². The maximum Gasteiger partial charge on any atom is 0.326 e. The smallest absolute Gasteiger partial charge is 0.326 e. The first-order valence-corrected chi connectivity index (χ1v) is 14.8. The van der Waals surface area contributed by atoms with Gasteiger partial charge in [0.1, 0.15) is 11.8 Å². The minimum atomic E-state index is -1.05. The Morgan fingerprint density at radius 3 is 2.46 bits per heavy atom. The van der Waals surface area contributed by atoms with Crippen LogP contribution in [0.3, 0.4) is 0 Å². The highest BCUT2D eigenvalue weighted by molar-refractivity contribution is 7.98. The third kappa shape index (κ3) is 8.87. The number of thioether (sulfide) groups is 1. The maximum atomic E-state index is 13.3. The van der Waals surface area contributed by atoms with Crippen molar-refractivity contribution in [2.75, 3.05) is 19.1 Å². The highest BCUT2D eigenvalue weighted by Gasteiger charge is 2.23. The molecule has 0 heterocycles. The molecule has 1 amide bonds. The summed E-state index contributed by atoms with van der Waals surface area (Å²) in [5.74, 6) is 0.0172. The van der Waals surface area contributed by atoms with Gasteiger partial charge in [0.25, 0.3) is 5.91 Å². The second-order valence-electron chi connectivity index (χ2n) is 9.73. The zero-order valence-electron chi connectivity index (χ0n) is 23.0. The molecule has 0 saturated carbocycles. The molecular weight excluding hydrogens is 510 g/mol. The second-order valence-corrected chi connectivity index (χ2v) is 10.7. The SMILES string of the molecule is COc1cccc(CCCCCC(O)c2ccc(C(=O)N[C@@H](CCSC)C(=O)O)c(-c3ccccc3C)c2)c1. The lowest BCUT2D eigenvalue weighted by atomic mass is 9.91. The first-order chi connectivity index (χ1) is 18.8. The van der Waals surface area contributed by atoms with Crippen molar-refractivity contribution in [3.05, 3.63) is 89.0 Å². The summed E-state index contributed by atoms with van der Waals surface area (Å²) >= 11 is 1.54. The van der Waals surface area contributed by atoms with Crippen LogP contribution in [0.25, 0.3) is 11.1 Å². The fourth-order valence-corrected chi connectivity index (χ4v) is 5.10. The monoisotopic (exact) mass is 549 g/mol. The number of methoxy groups -OCH3 is 1. The van der Waals surface area contributed by atoms with E-state index < -0.39 is 24.0 Å². The maximum absolute atomic E-state index is 13.3. The van der Waals surface area contributed by atoms with Gasteiger partial charge in [-0.15, -0.1) is 0 Å². The lowest BCUT2D eigenvalue weighted by Crippen LogP contribution is -2.41. The summed E-state index contributed by atoms with van der Waals surface area (Å²) in [7, 11) is 1.67. The Morgan fingerprint density at radius 1 is 0.949 bits per heavy atom. The molecule has 39 heavy (non-hydrogen) atoms. The summed E-state index contributed by atoms with van der Waals surface area (Å²) in [4.78, 5) is 25.0. The molecule has 0 spiro atoms. The molecular formula is C32H39NO5S. The van der Waals surface area contributed by atoms with Crippen LogP contribution in [0.4, 0.5) is 0 Å². The fourth-order valence-electron chi connectivity index (χ4n) is 4.63. The van der Waals surface area contributed by atoms with Gasteiger partial charge in [0.05, 0.1) is 13.2 Å². The summed E-state index contributed by atoms with van der Waals surface area (Å²) in [6.45, 7) is 1.97. The minimum Gasteiger partial charge on any atom is -0.497 e. The number of amides is 1. The van der Waals surface area contributed by atoms with Crippen LogP contribution in [0.1, 0.15) is 65.3 Å². The average Bonchev–Trinajstić information content (AvgIpc) is 2.94. The number of rotatable bonds is 15. The van der Waals surface area contributed by atoms with Gasteiger partial charge in [-0.25, -0.2) is 4.79 Å². The van der Waals surface area contributed by atoms with E-state index in [-0.39, 0.29) is 0 Å². The fraction of sp³-hybridized carbons (Fsp3) is 0.375. The van der Waals surface area contributed by atoms with Crippen LogP contribution in [0.2, 0.25) is 0 Å². The number of nitrogens with one attached hydrogen (secondary N) is 1. The van der Waals surface area contributed by atoms with Gasteiger partial charge in [-0.2, -0.15) is 11.8 Å². The van der Waals surface area contributed by atoms with Crippen LogP contribution in [0.5, 0.6) is 5.75 Å². The molecule has 0 bridgehead atoms. The third-order valence-electron chi connectivity index (χ3n) is 6.90. The molecule has 0 saturated heterocycles. The van der Waals surface area contributed by atoms with Gasteiger partial charge in [0.15, 0.2) is 0 Å². The van der Waals surface area contributed by atoms with Gasteiger partial charge in [-0.3, -0.25) is 4.79 Å². The number of hydrogen-bond donors (Lipinski definition) is 3. The van der Waals surface area contributed by atoms with Crippen LogP contribution in [-0.4, -0.2) is 47.2 Å². The summed E-state index contributed by atoms with van der Waals surface area (Å²) < 4.78 is 5.29. The van der Waals surface area contributed by atoms with Gasteiger partial charge in [-0.05, 0) is 96.7 Å². The van der Waals surface area contributed by atoms with Crippen LogP contribution < -0.4 is 10.1 Å². The van der Waals surface area contributed by atoms with E-state index in [1.807, 2.05) is 55.6 Å². The highest BCUT2D eigenvalue weighted by atomic mass is 32.2. The lowest BCUT2D eigenvalue weighted by Gasteiger charge is -2.19. The standard InChI is InChI=1S/C32H39NO5S/c1-22-10-7-8-14-26(22)28-21-24(16-17-27(28)31(35)33-29(32(36)37)18-19-39-3)30(34)15-6-4-5-11-23-12-9-13-25(20-23)38-2/h7-10,12-14,16-17,20-21,29-30,34H,4-6,11,15,18-19H2,1-3H3,(H,33,35)(H,36,37)/t29-,30?/m0/s1. The van der Waals surface area contributed by atoms with E-state index in [9.17, 15) is 19.8 Å². The zero-order chi connectivity index (χ0) is 28.2. The number of ether oxygens (including phenoxy) is 1. The predicted molar refractivity (Wildman–Crippen MR) is 159 cm³/mol. The topological polar surface area (TPSA) is 95.9 Å². The van der Waals surface area contributed by atoms with Gasteiger partial charge in [0, 0.05) is 5.56 Å². The number of benzene rings is 3. The van der Waals surface area contributed by atoms with Gasteiger partial charge >= 0.3 is 5.97 Å². The summed E-state index contributed by atoms with van der Waals surface area (Å²) in [5.41, 5.74) is 4.95. The molecule has 3 rings (SSSR count). The Hall–Kier alpha value is -3.29. The predicted octanol–water partition coefficient (Wildman–Crippen LogP) is 6.44. The van der Waals surface area contributed by atoms with Crippen molar-refractivity contribution < 1.29 is 24.5 Å². The van der Waals surface area contributed by atoms with E-state index in [2.05, 4.69) is 17.4 Å². The van der Waals surface area contributed by atoms with E-state index in [1.54, 1.807) is 19.2 Å². The van der Waals surface area contributed by atoms with E-state index in [4.69, 9.17) is 4.74 Å². The van der Waals surface area contributed by atoms with Crippen molar-refractivity contribution in [3.8, 4) is 16.9 Å². The van der Waals surface area contributed by atoms with Gasteiger partial charge in [-0.1, -0.05) is 55.3 Å². The summed E-state index contributed by atoms with van der Waals surface area (Å²) in [6.07, 6.45) is 6.06. The Bertz CT molecular complexity index is 1240. The first kappa shape index (κ1) is 30.3. The molecule has 2 atom stereocenters. The number of carbonyl (C=O) groups is 2. The van der Waals surface area contributed by atoms with E-state index in [0.29, 0.717) is 29.7 Å². The van der Waals surface area contributed by atoms with Crippen molar-refractivity contribution in [1.29, 1.82) is 0 Å². The molecule has 1 unspecified atom stereocenters. The molecule has 0 aromatic heterocycles. The Balaban J connectivity index is 1.71.